The minimum atomic E-state index is -0.318. The summed E-state index contributed by atoms with van der Waals surface area (Å²) in [7, 11) is 1.61. The molecule has 0 aliphatic heterocycles. The third kappa shape index (κ3) is 5.30. The molecule has 0 radical (unpaired) electrons. The summed E-state index contributed by atoms with van der Waals surface area (Å²) >= 11 is 0. The smallest absolute Gasteiger partial charge is 0.262 e. The van der Waals surface area contributed by atoms with Gasteiger partial charge in [0.1, 0.15) is 17.2 Å². The third-order valence-corrected chi connectivity index (χ3v) is 4.71. The molecule has 0 bridgehead atoms. The maximum Gasteiger partial charge on any atom is 0.262 e. The van der Waals surface area contributed by atoms with Crippen LogP contribution in [-0.2, 0) is 4.79 Å². The van der Waals surface area contributed by atoms with Crippen LogP contribution in [0.15, 0.2) is 77.3 Å². The number of hydrogen-bond donors (Lipinski definition) is 1. The van der Waals surface area contributed by atoms with Crippen LogP contribution in [0.5, 0.6) is 17.2 Å². The van der Waals surface area contributed by atoms with Gasteiger partial charge in [0.25, 0.3) is 11.8 Å². The Labute approximate surface area is 191 Å². The lowest BCUT2D eigenvalue weighted by Gasteiger charge is -2.12. The summed E-state index contributed by atoms with van der Waals surface area (Å²) in [6.07, 6.45) is 0. The fourth-order valence-corrected chi connectivity index (χ4v) is 3.14. The average Bonchev–Trinajstić information content (AvgIpc) is 3.34. The van der Waals surface area contributed by atoms with Crippen molar-refractivity contribution in [3.05, 3.63) is 72.8 Å². The molecule has 1 heterocycles. The molecule has 0 fully saturated rings. The number of hydrogen-bond acceptors (Lipinski definition) is 7. The highest BCUT2D eigenvalue weighted by molar-refractivity contribution is 5.93. The van der Waals surface area contributed by atoms with E-state index in [0.29, 0.717) is 41.1 Å². The first-order valence-electron chi connectivity index (χ1n) is 10.4. The van der Waals surface area contributed by atoms with E-state index in [2.05, 4.69) is 15.5 Å². The second kappa shape index (κ2) is 10.3. The number of nitrogens with one attached hydrogen (secondary N) is 1. The fraction of sp³-hybridized carbons (Fsp3) is 0.160. The number of para-hydroxylation sites is 3. The molecule has 4 rings (SSSR count). The first-order valence-corrected chi connectivity index (χ1v) is 10.4. The van der Waals surface area contributed by atoms with Crippen molar-refractivity contribution in [2.45, 2.75) is 6.92 Å². The van der Waals surface area contributed by atoms with E-state index in [1.54, 1.807) is 31.4 Å². The van der Waals surface area contributed by atoms with Gasteiger partial charge in [0.15, 0.2) is 6.61 Å². The van der Waals surface area contributed by atoms with E-state index < -0.39 is 0 Å². The van der Waals surface area contributed by atoms with E-state index in [1.807, 2.05) is 55.5 Å². The largest absolute Gasteiger partial charge is 0.497 e. The van der Waals surface area contributed by atoms with Crippen molar-refractivity contribution >= 4 is 11.6 Å². The number of methoxy groups -OCH3 is 1. The highest BCUT2D eigenvalue weighted by Crippen LogP contribution is 2.31. The number of nitrogens with zero attached hydrogens (tertiary/aromatic N) is 2. The van der Waals surface area contributed by atoms with Gasteiger partial charge in [-0.2, -0.15) is 4.98 Å². The number of aromatic nitrogens is 2. The van der Waals surface area contributed by atoms with Crippen molar-refractivity contribution in [1.82, 2.24) is 10.1 Å². The quantitative estimate of drug-likeness (QED) is 0.394. The maximum atomic E-state index is 12.5. The van der Waals surface area contributed by atoms with E-state index in [9.17, 15) is 4.79 Å². The number of amides is 1. The minimum Gasteiger partial charge on any atom is -0.497 e. The first kappa shape index (κ1) is 21.9. The normalized spacial score (nSPS) is 10.5. The Morgan fingerprint density at radius 1 is 0.939 bits per heavy atom. The SMILES string of the molecule is CCOc1ccccc1NC(=O)COc1ccccc1-c1nc(-c2ccc(OC)cc2)no1. The molecule has 0 atom stereocenters. The van der Waals surface area contributed by atoms with Crippen LogP contribution in [-0.4, -0.2) is 36.4 Å². The summed E-state index contributed by atoms with van der Waals surface area (Å²) in [5.41, 5.74) is 1.96. The summed E-state index contributed by atoms with van der Waals surface area (Å²) in [4.78, 5) is 17.0. The molecule has 4 aromatic rings. The third-order valence-electron chi connectivity index (χ3n) is 4.71. The Kier molecular flexibility index (Phi) is 6.84. The van der Waals surface area contributed by atoms with Crippen LogP contribution in [0.2, 0.25) is 0 Å². The van der Waals surface area contributed by atoms with Crippen LogP contribution in [0, 0.1) is 0 Å². The second-order valence-electron chi connectivity index (χ2n) is 6.91. The molecule has 8 nitrogen and oxygen atoms in total. The molecular formula is C25H23N3O5. The fourth-order valence-electron chi connectivity index (χ4n) is 3.14. The number of anilines is 1. The summed E-state index contributed by atoms with van der Waals surface area (Å²) in [6, 6.07) is 21.8. The Hall–Kier alpha value is -4.33. The predicted molar refractivity (Wildman–Crippen MR) is 123 cm³/mol. The zero-order chi connectivity index (χ0) is 23.0. The standard InChI is InChI=1S/C25H23N3O5/c1-3-31-22-11-7-5-9-20(22)26-23(29)16-32-21-10-6-4-8-19(21)25-27-24(28-33-25)17-12-14-18(30-2)15-13-17/h4-15H,3,16H2,1-2H3,(H,26,29). The van der Waals surface area contributed by atoms with E-state index >= 15 is 0 Å². The molecule has 8 heteroatoms. The molecule has 1 aromatic heterocycles. The van der Waals surface area contributed by atoms with E-state index in [-0.39, 0.29) is 12.5 Å². The topological polar surface area (TPSA) is 95.7 Å². The Balaban J connectivity index is 1.46. The van der Waals surface area contributed by atoms with Crippen LogP contribution in [0.3, 0.4) is 0 Å². The number of benzene rings is 3. The molecule has 168 valence electrons. The minimum absolute atomic E-state index is 0.197. The van der Waals surface area contributed by atoms with E-state index in [0.717, 1.165) is 11.3 Å². The lowest BCUT2D eigenvalue weighted by Crippen LogP contribution is -2.20. The van der Waals surface area contributed by atoms with Crippen LogP contribution in [0.1, 0.15) is 6.92 Å². The van der Waals surface area contributed by atoms with Crippen molar-refractivity contribution in [3.63, 3.8) is 0 Å². The van der Waals surface area contributed by atoms with Gasteiger partial charge in [-0.3, -0.25) is 4.79 Å². The first-order chi connectivity index (χ1) is 16.2. The lowest BCUT2D eigenvalue weighted by molar-refractivity contribution is -0.118. The van der Waals surface area contributed by atoms with Gasteiger partial charge in [0, 0.05) is 5.56 Å². The van der Waals surface area contributed by atoms with Crippen LogP contribution < -0.4 is 19.5 Å². The lowest BCUT2D eigenvalue weighted by atomic mass is 10.2. The Morgan fingerprint density at radius 3 is 2.42 bits per heavy atom. The number of rotatable bonds is 9. The van der Waals surface area contributed by atoms with Crippen LogP contribution in [0.4, 0.5) is 5.69 Å². The van der Waals surface area contributed by atoms with Crippen molar-refractivity contribution in [3.8, 4) is 40.1 Å². The highest BCUT2D eigenvalue weighted by Gasteiger charge is 2.16. The van der Waals surface area contributed by atoms with Crippen LogP contribution in [0.25, 0.3) is 22.8 Å². The molecule has 1 amide bonds. The summed E-state index contributed by atoms with van der Waals surface area (Å²) in [6.45, 7) is 2.19. The number of carbonyl (C=O) groups is 1. The Morgan fingerprint density at radius 2 is 1.67 bits per heavy atom. The summed E-state index contributed by atoms with van der Waals surface area (Å²) in [5, 5.41) is 6.87. The molecular weight excluding hydrogens is 422 g/mol. The monoisotopic (exact) mass is 445 g/mol. The van der Waals surface area contributed by atoms with Crippen molar-refractivity contribution in [1.29, 1.82) is 0 Å². The van der Waals surface area contributed by atoms with E-state index in [4.69, 9.17) is 18.7 Å². The molecule has 1 N–H and O–H groups in total. The molecule has 0 unspecified atom stereocenters. The molecule has 3 aromatic carbocycles. The molecule has 0 aliphatic carbocycles. The van der Waals surface area contributed by atoms with Crippen molar-refractivity contribution < 1.29 is 23.5 Å². The van der Waals surface area contributed by atoms with Crippen molar-refractivity contribution in [2.75, 3.05) is 25.6 Å². The van der Waals surface area contributed by atoms with Gasteiger partial charge in [-0.05, 0) is 55.5 Å². The molecule has 0 saturated heterocycles. The number of ether oxygens (including phenoxy) is 3. The number of carbonyl (C=O) groups excluding carboxylic acids is 1. The van der Waals surface area contributed by atoms with Gasteiger partial charge in [-0.15, -0.1) is 0 Å². The van der Waals surface area contributed by atoms with Gasteiger partial charge >= 0.3 is 0 Å². The van der Waals surface area contributed by atoms with Gasteiger partial charge in [0.05, 0.1) is 25.0 Å². The van der Waals surface area contributed by atoms with Gasteiger partial charge < -0.3 is 24.1 Å². The second-order valence-corrected chi connectivity index (χ2v) is 6.91. The van der Waals surface area contributed by atoms with E-state index in [1.165, 1.54) is 0 Å². The highest BCUT2D eigenvalue weighted by atomic mass is 16.5. The molecule has 0 saturated carbocycles. The Bertz CT molecular complexity index is 1220. The van der Waals surface area contributed by atoms with Crippen LogP contribution >= 0.6 is 0 Å². The van der Waals surface area contributed by atoms with Crippen molar-refractivity contribution in [2.24, 2.45) is 0 Å². The van der Waals surface area contributed by atoms with Gasteiger partial charge in [-0.25, -0.2) is 0 Å². The summed E-state index contributed by atoms with van der Waals surface area (Å²) < 4.78 is 21.9. The average molecular weight is 445 g/mol. The van der Waals surface area contributed by atoms with Gasteiger partial charge in [-0.1, -0.05) is 29.4 Å². The zero-order valence-corrected chi connectivity index (χ0v) is 18.3. The molecule has 33 heavy (non-hydrogen) atoms. The predicted octanol–water partition coefficient (Wildman–Crippen LogP) is 4.83. The zero-order valence-electron chi connectivity index (χ0n) is 18.3. The summed E-state index contributed by atoms with van der Waals surface area (Å²) in [5.74, 6) is 2.21. The van der Waals surface area contributed by atoms with Gasteiger partial charge in [0.2, 0.25) is 5.82 Å². The maximum absolute atomic E-state index is 12.5. The molecule has 0 aliphatic rings. The molecule has 0 spiro atoms.